The molecule has 11 heavy (non-hydrogen) atoms. The average Bonchev–Trinajstić information content (AvgIpc) is 2.08. The van der Waals surface area contributed by atoms with Crippen LogP contribution in [0.25, 0.3) is 0 Å². The summed E-state index contributed by atoms with van der Waals surface area (Å²) in [4.78, 5) is 8.35. The summed E-state index contributed by atoms with van der Waals surface area (Å²) in [5.74, 6) is 0. The SMILES string of the molecule is CCc1ccccc1.N=C=O. The summed E-state index contributed by atoms with van der Waals surface area (Å²) in [6.07, 6.45) is 1.89. The standard InChI is InChI=1S/C8H10.CHNO/c1-2-8-6-4-3-5-7-8;2-1-3/h3-7H,2H2,1H3;2H. The van der Waals surface area contributed by atoms with Crippen molar-refractivity contribution >= 4 is 6.08 Å². The molecule has 0 saturated heterocycles. The highest BCUT2D eigenvalue weighted by molar-refractivity contribution is 5.26. The summed E-state index contributed by atoms with van der Waals surface area (Å²) in [6.45, 7) is 2.16. The van der Waals surface area contributed by atoms with Crippen LogP contribution in [-0.4, -0.2) is 6.08 Å². The summed E-state index contributed by atoms with van der Waals surface area (Å²) < 4.78 is 0. The molecule has 1 N–H and O–H groups in total. The highest BCUT2D eigenvalue weighted by Crippen LogP contribution is 1.96. The number of hydrogen-bond donors (Lipinski definition) is 1. The molecular weight excluding hydrogens is 138 g/mol. The third kappa shape index (κ3) is 5.07. The molecule has 2 nitrogen and oxygen atoms in total. The lowest BCUT2D eigenvalue weighted by Gasteiger charge is -1.89. The number of hydrogen-bond acceptors (Lipinski definition) is 2. The normalized spacial score (nSPS) is 7.36. The first-order chi connectivity index (χ1) is 5.35. The third-order valence-corrected chi connectivity index (χ3v) is 1.25. The minimum atomic E-state index is 0.750. The Labute approximate surface area is 66.4 Å². The number of rotatable bonds is 1. The first-order valence-electron chi connectivity index (χ1n) is 3.43. The van der Waals surface area contributed by atoms with Crippen LogP contribution in [0.1, 0.15) is 12.5 Å². The molecule has 0 fully saturated rings. The van der Waals surface area contributed by atoms with E-state index in [1.54, 1.807) is 0 Å². The predicted octanol–water partition coefficient (Wildman–Crippen LogP) is 2.15. The van der Waals surface area contributed by atoms with Gasteiger partial charge in [-0.05, 0) is 12.0 Å². The predicted molar refractivity (Wildman–Crippen MR) is 44.2 cm³/mol. The van der Waals surface area contributed by atoms with Crippen molar-refractivity contribution in [1.29, 1.82) is 5.41 Å². The van der Waals surface area contributed by atoms with E-state index in [1.165, 1.54) is 5.56 Å². The van der Waals surface area contributed by atoms with Gasteiger partial charge in [0.1, 0.15) is 0 Å². The summed E-state index contributed by atoms with van der Waals surface area (Å²) in [7, 11) is 0. The van der Waals surface area contributed by atoms with Crippen LogP contribution in [-0.2, 0) is 11.2 Å². The molecule has 1 rings (SSSR count). The van der Waals surface area contributed by atoms with E-state index in [0.717, 1.165) is 12.5 Å². The van der Waals surface area contributed by atoms with Crippen LogP contribution in [0, 0.1) is 5.41 Å². The molecule has 0 aliphatic carbocycles. The van der Waals surface area contributed by atoms with Crippen molar-refractivity contribution < 1.29 is 4.79 Å². The summed E-state index contributed by atoms with van der Waals surface area (Å²) >= 11 is 0. The lowest BCUT2D eigenvalue weighted by atomic mass is 10.2. The lowest BCUT2D eigenvalue weighted by Crippen LogP contribution is -1.73. The summed E-state index contributed by atoms with van der Waals surface area (Å²) in [6, 6.07) is 10.5. The molecule has 58 valence electrons. The highest BCUT2D eigenvalue weighted by atomic mass is 16.1. The van der Waals surface area contributed by atoms with E-state index in [-0.39, 0.29) is 0 Å². The van der Waals surface area contributed by atoms with Crippen molar-refractivity contribution in [3.63, 3.8) is 0 Å². The van der Waals surface area contributed by atoms with Gasteiger partial charge in [-0.15, -0.1) is 0 Å². The Hall–Kier alpha value is -1.40. The number of nitrogens with one attached hydrogen (secondary N) is 1. The number of benzene rings is 1. The van der Waals surface area contributed by atoms with Gasteiger partial charge in [-0.3, -0.25) is 0 Å². The maximum atomic E-state index is 8.35. The molecule has 0 bridgehead atoms. The second-order valence-corrected chi connectivity index (χ2v) is 1.94. The minimum absolute atomic E-state index is 0.750. The van der Waals surface area contributed by atoms with E-state index in [4.69, 9.17) is 10.2 Å². The van der Waals surface area contributed by atoms with E-state index in [2.05, 4.69) is 31.2 Å². The molecule has 0 radical (unpaired) electrons. The fourth-order valence-electron chi connectivity index (χ4n) is 0.714. The first kappa shape index (κ1) is 9.60. The number of aryl methyl sites for hydroxylation is 1. The molecule has 0 unspecified atom stereocenters. The van der Waals surface area contributed by atoms with E-state index < -0.39 is 0 Å². The zero-order valence-electron chi connectivity index (χ0n) is 6.50. The van der Waals surface area contributed by atoms with E-state index in [0.29, 0.717) is 0 Å². The first-order valence-corrected chi connectivity index (χ1v) is 3.43. The molecule has 0 heterocycles. The van der Waals surface area contributed by atoms with Gasteiger partial charge in [0.05, 0.1) is 0 Å². The van der Waals surface area contributed by atoms with Gasteiger partial charge in [0, 0.05) is 0 Å². The maximum Gasteiger partial charge on any atom is 0.231 e. The molecule has 0 amide bonds. The van der Waals surface area contributed by atoms with Crippen LogP contribution < -0.4 is 0 Å². The monoisotopic (exact) mass is 149 g/mol. The van der Waals surface area contributed by atoms with Gasteiger partial charge in [0.15, 0.2) is 0 Å². The van der Waals surface area contributed by atoms with Crippen molar-refractivity contribution in [3.8, 4) is 0 Å². The Morgan fingerprint density at radius 3 is 2.09 bits per heavy atom. The fourth-order valence-corrected chi connectivity index (χ4v) is 0.714. The molecule has 1 aromatic rings. The van der Waals surface area contributed by atoms with E-state index >= 15 is 0 Å². The van der Waals surface area contributed by atoms with Crippen molar-refractivity contribution in [2.75, 3.05) is 0 Å². The Morgan fingerprint density at radius 2 is 1.82 bits per heavy atom. The maximum absolute atomic E-state index is 8.35. The van der Waals surface area contributed by atoms with Crippen LogP contribution >= 0.6 is 0 Å². The number of isocyanates is 1. The Morgan fingerprint density at radius 1 is 1.36 bits per heavy atom. The van der Waals surface area contributed by atoms with Gasteiger partial charge in [0.2, 0.25) is 6.08 Å². The second-order valence-electron chi connectivity index (χ2n) is 1.94. The van der Waals surface area contributed by atoms with Gasteiger partial charge in [0.25, 0.3) is 0 Å². The van der Waals surface area contributed by atoms with Gasteiger partial charge in [-0.25, -0.2) is 10.2 Å². The molecule has 0 aliphatic heterocycles. The van der Waals surface area contributed by atoms with E-state index in [1.807, 2.05) is 6.07 Å². The largest absolute Gasteiger partial charge is 0.231 e. The smallest absolute Gasteiger partial charge is 0.222 e. The average molecular weight is 149 g/mol. The van der Waals surface area contributed by atoms with Crippen LogP contribution in [0.5, 0.6) is 0 Å². The third-order valence-electron chi connectivity index (χ3n) is 1.25. The quantitative estimate of drug-likeness (QED) is 0.482. The van der Waals surface area contributed by atoms with Gasteiger partial charge in [-0.2, -0.15) is 0 Å². The van der Waals surface area contributed by atoms with Crippen LogP contribution in [0.15, 0.2) is 30.3 Å². The minimum Gasteiger partial charge on any atom is -0.222 e. The zero-order chi connectivity index (χ0) is 8.53. The molecular formula is C9H11NO. The molecule has 0 aliphatic rings. The van der Waals surface area contributed by atoms with Crippen LogP contribution in [0.4, 0.5) is 0 Å². The molecule has 2 heteroatoms. The Bertz CT molecular complexity index is 212. The summed E-state index contributed by atoms with van der Waals surface area (Å²) in [5, 5.41) is 5.40. The summed E-state index contributed by atoms with van der Waals surface area (Å²) in [5.41, 5.74) is 1.41. The van der Waals surface area contributed by atoms with E-state index in [9.17, 15) is 0 Å². The molecule has 0 saturated carbocycles. The second kappa shape index (κ2) is 6.72. The van der Waals surface area contributed by atoms with Gasteiger partial charge < -0.3 is 0 Å². The molecule has 1 aromatic carbocycles. The number of carbonyl (C=O) groups excluding carboxylic acids is 1. The Kier molecular flexibility index (Phi) is 5.86. The van der Waals surface area contributed by atoms with Crippen molar-refractivity contribution in [2.24, 2.45) is 0 Å². The topological polar surface area (TPSA) is 40.9 Å². The van der Waals surface area contributed by atoms with Crippen molar-refractivity contribution in [3.05, 3.63) is 35.9 Å². The van der Waals surface area contributed by atoms with Crippen molar-refractivity contribution in [1.82, 2.24) is 0 Å². The van der Waals surface area contributed by atoms with Crippen molar-refractivity contribution in [2.45, 2.75) is 13.3 Å². The molecule has 0 aromatic heterocycles. The Balaban J connectivity index is 0.000000292. The molecule has 0 atom stereocenters. The highest BCUT2D eigenvalue weighted by Gasteiger charge is 1.79. The zero-order valence-corrected chi connectivity index (χ0v) is 6.50. The fraction of sp³-hybridized carbons (Fsp3) is 0.222. The van der Waals surface area contributed by atoms with Crippen LogP contribution in [0.2, 0.25) is 0 Å². The van der Waals surface area contributed by atoms with Crippen LogP contribution in [0.3, 0.4) is 0 Å². The molecule has 0 spiro atoms. The van der Waals surface area contributed by atoms with Gasteiger partial charge in [-0.1, -0.05) is 37.3 Å². The van der Waals surface area contributed by atoms with Gasteiger partial charge >= 0.3 is 0 Å². The lowest BCUT2D eigenvalue weighted by molar-refractivity contribution is 0.563.